The molecule has 5 heteroatoms. The van der Waals surface area contributed by atoms with Gasteiger partial charge in [-0.25, -0.2) is 9.86 Å². The van der Waals surface area contributed by atoms with Gasteiger partial charge in [-0.3, -0.25) is 9.63 Å². The molecule has 1 amide bonds. The molecule has 0 saturated carbocycles. The van der Waals surface area contributed by atoms with Gasteiger partial charge in [-0.15, -0.1) is 0 Å². The van der Waals surface area contributed by atoms with Crippen molar-refractivity contribution in [1.29, 1.82) is 0 Å². The molecule has 0 fully saturated rings. The van der Waals surface area contributed by atoms with Gasteiger partial charge in [-0.05, 0) is 32.8 Å². The largest absolute Gasteiger partial charge is 0.478 e. The number of hydroxylamine groups is 2. The third-order valence-electron chi connectivity index (χ3n) is 2.89. The summed E-state index contributed by atoms with van der Waals surface area (Å²) in [5.41, 5.74) is 1.61. The van der Waals surface area contributed by atoms with Crippen LogP contribution in [0.4, 0.5) is 0 Å². The molecule has 0 aliphatic heterocycles. The molecule has 0 heterocycles. The highest BCUT2D eigenvalue weighted by Crippen LogP contribution is 2.01. The Hall–Kier alpha value is -2.14. The number of hydrogen-bond acceptors (Lipinski definition) is 3. The van der Waals surface area contributed by atoms with E-state index in [-0.39, 0.29) is 5.91 Å². The quantitative estimate of drug-likeness (QED) is 0.648. The van der Waals surface area contributed by atoms with Crippen LogP contribution in [0.2, 0.25) is 0 Å². The number of carbonyl (C=O) groups excluding carboxylic acids is 1. The van der Waals surface area contributed by atoms with Gasteiger partial charge in [-0.1, -0.05) is 36.4 Å². The normalized spacial score (nSPS) is 10.5. The van der Waals surface area contributed by atoms with Crippen LogP contribution in [0, 0.1) is 0 Å². The number of amides is 1. The minimum absolute atomic E-state index is 0.0504. The predicted octanol–water partition coefficient (Wildman–Crippen LogP) is 3.07. The lowest BCUT2D eigenvalue weighted by atomic mass is 10.2. The standard InChI is InChI=1S/C12H17NO2.C5H8O2/c1-3-13(11(2)14)15-10-9-12-7-5-4-6-8-12;1-3-4(2)5(6)7/h4-8H,3,9-10H2,1-2H3;3H,1-2H3,(H,6,7)/b;4-3+. The molecule has 1 aromatic rings. The lowest BCUT2D eigenvalue weighted by Gasteiger charge is -2.17. The van der Waals surface area contributed by atoms with Crippen LogP contribution in [0.5, 0.6) is 0 Å². The van der Waals surface area contributed by atoms with E-state index in [1.165, 1.54) is 17.6 Å². The van der Waals surface area contributed by atoms with E-state index in [4.69, 9.17) is 9.94 Å². The highest BCUT2D eigenvalue weighted by atomic mass is 16.7. The molecule has 0 saturated heterocycles. The Labute approximate surface area is 132 Å². The molecular weight excluding hydrogens is 282 g/mol. The highest BCUT2D eigenvalue weighted by molar-refractivity contribution is 5.85. The Morgan fingerprint density at radius 1 is 1.23 bits per heavy atom. The average Bonchev–Trinajstić information content (AvgIpc) is 2.52. The zero-order valence-electron chi connectivity index (χ0n) is 13.7. The van der Waals surface area contributed by atoms with Crippen molar-refractivity contribution in [2.45, 2.75) is 34.1 Å². The van der Waals surface area contributed by atoms with E-state index < -0.39 is 5.97 Å². The molecule has 0 spiro atoms. The van der Waals surface area contributed by atoms with Gasteiger partial charge in [0.05, 0.1) is 6.61 Å². The maximum atomic E-state index is 11.0. The molecule has 5 nitrogen and oxygen atoms in total. The molecule has 0 bridgehead atoms. The van der Waals surface area contributed by atoms with Gasteiger partial charge in [0.1, 0.15) is 0 Å². The molecule has 1 rings (SSSR count). The van der Waals surface area contributed by atoms with Gasteiger partial charge in [0.15, 0.2) is 0 Å². The molecule has 0 aliphatic carbocycles. The van der Waals surface area contributed by atoms with Crippen molar-refractivity contribution in [2.24, 2.45) is 0 Å². The average molecular weight is 307 g/mol. The number of benzene rings is 1. The highest BCUT2D eigenvalue weighted by Gasteiger charge is 2.05. The summed E-state index contributed by atoms with van der Waals surface area (Å²) in [5, 5.41) is 9.49. The first-order chi connectivity index (χ1) is 10.4. The Kier molecular flexibility index (Phi) is 10.4. The number of hydrogen-bond donors (Lipinski definition) is 1. The Balaban J connectivity index is 0.000000534. The first-order valence-electron chi connectivity index (χ1n) is 7.23. The van der Waals surface area contributed by atoms with Crippen LogP contribution in [0.25, 0.3) is 0 Å². The monoisotopic (exact) mass is 307 g/mol. The second-order valence-corrected chi connectivity index (χ2v) is 4.56. The summed E-state index contributed by atoms with van der Waals surface area (Å²) < 4.78 is 0. The first-order valence-corrected chi connectivity index (χ1v) is 7.23. The summed E-state index contributed by atoms with van der Waals surface area (Å²) in [4.78, 5) is 26.2. The molecule has 0 atom stereocenters. The maximum Gasteiger partial charge on any atom is 0.330 e. The van der Waals surface area contributed by atoms with Crippen LogP contribution in [0.3, 0.4) is 0 Å². The lowest BCUT2D eigenvalue weighted by molar-refractivity contribution is -0.182. The van der Waals surface area contributed by atoms with Crippen LogP contribution < -0.4 is 0 Å². The van der Waals surface area contributed by atoms with E-state index >= 15 is 0 Å². The molecule has 1 N–H and O–H groups in total. The van der Waals surface area contributed by atoms with Gasteiger partial charge >= 0.3 is 5.97 Å². The number of carboxylic acids is 1. The molecule has 22 heavy (non-hydrogen) atoms. The van der Waals surface area contributed by atoms with E-state index in [0.29, 0.717) is 18.7 Å². The summed E-state index contributed by atoms with van der Waals surface area (Å²) >= 11 is 0. The van der Waals surface area contributed by atoms with Gasteiger partial charge < -0.3 is 5.11 Å². The lowest BCUT2D eigenvalue weighted by Crippen LogP contribution is -2.29. The number of nitrogens with zero attached hydrogens (tertiary/aromatic N) is 1. The second kappa shape index (κ2) is 11.5. The summed E-state index contributed by atoms with van der Waals surface area (Å²) in [6, 6.07) is 10.1. The summed E-state index contributed by atoms with van der Waals surface area (Å²) in [6.07, 6.45) is 2.38. The first kappa shape index (κ1) is 19.9. The molecule has 0 aromatic heterocycles. The summed E-state index contributed by atoms with van der Waals surface area (Å²) in [6.45, 7) is 7.78. The fourth-order valence-electron chi connectivity index (χ4n) is 1.45. The van der Waals surface area contributed by atoms with Crippen LogP contribution in [-0.2, 0) is 20.8 Å². The second-order valence-electron chi connectivity index (χ2n) is 4.56. The molecule has 0 radical (unpaired) electrons. The topological polar surface area (TPSA) is 66.8 Å². The zero-order chi connectivity index (χ0) is 17.0. The summed E-state index contributed by atoms with van der Waals surface area (Å²) in [7, 11) is 0. The van der Waals surface area contributed by atoms with Crippen molar-refractivity contribution < 1.29 is 19.5 Å². The zero-order valence-corrected chi connectivity index (χ0v) is 13.7. The van der Waals surface area contributed by atoms with Crippen molar-refractivity contribution in [1.82, 2.24) is 5.06 Å². The van der Waals surface area contributed by atoms with E-state index in [1.807, 2.05) is 37.3 Å². The number of carboxylic acid groups (broad SMARTS) is 1. The van der Waals surface area contributed by atoms with Gasteiger partial charge in [-0.2, -0.15) is 0 Å². The van der Waals surface area contributed by atoms with Crippen LogP contribution >= 0.6 is 0 Å². The Morgan fingerprint density at radius 2 is 1.82 bits per heavy atom. The van der Waals surface area contributed by atoms with Gasteiger partial charge in [0.25, 0.3) is 0 Å². The number of carbonyl (C=O) groups is 2. The molecular formula is C17H25NO4. The smallest absolute Gasteiger partial charge is 0.330 e. The third-order valence-corrected chi connectivity index (χ3v) is 2.89. The fourth-order valence-corrected chi connectivity index (χ4v) is 1.45. The molecule has 122 valence electrons. The van der Waals surface area contributed by atoms with E-state index in [9.17, 15) is 9.59 Å². The van der Waals surface area contributed by atoms with E-state index in [1.54, 1.807) is 19.9 Å². The Morgan fingerprint density at radius 3 is 2.18 bits per heavy atom. The minimum Gasteiger partial charge on any atom is -0.478 e. The molecule has 1 aromatic carbocycles. The van der Waals surface area contributed by atoms with Crippen LogP contribution in [0.1, 0.15) is 33.3 Å². The number of rotatable bonds is 6. The van der Waals surface area contributed by atoms with Crippen LogP contribution in [0.15, 0.2) is 42.0 Å². The minimum atomic E-state index is -0.845. The Bertz CT molecular complexity index is 483. The van der Waals surface area contributed by atoms with Gasteiger partial charge in [0, 0.05) is 19.0 Å². The van der Waals surface area contributed by atoms with Crippen molar-refractivity contribution >= 4 is 11.9 Å². The number of allylic oxidation sites excluding steroid dienone is 1. The van der Waals surface area contributed by atoms with Crippen molar-refractivity contribution in [2.75, 3.05) is 13.2 Å². The molecule has 0 unspecified atom stereocenters. The fraction of sp³-hybridized carbons (Fsp3) is 0.412. The summed E-state index contributed by atoms with van der Waals surface area (Å²) in [5.74, 6) is -0.895. The van der Waals surface area contributed by atoms with Crippen molar-refractivity contribution in [3.8, 4) is 0 Å². The van der Waals surface area contributed by atoms with Crippen LogP contribution in [-0.4, -0.2) is 35.2 Å². The third kappa shape index (κ3) is 8.92. The SMILES string of the molecule is C/C=C(\C)C(=O)O.CCN(OCCc1ccccc1)C(C)=O. The number of aliphatic carboxylic acids is 1. The van der Waals surface area contributed by atoms with E-state index in [0.717, 1.165) is 6.42 Å². The maximum absolute atomic E-state index is 11.0. The van der Waals surface area contributed by atoms with Crippen molar-refractivity contribution in [3.63, 3.8) is 0 Å². The van der Waals surface area contributed by atoms with Crippen molar-refractivity contribution in [3.05, 3.63) is 47.5 Å². The van der Waals surface area contributed by atoms with E-state index in [2.05, 4.69) is 0 Å². The predicted molar refractivity (Wildman–Crippen MR) is 86.2 cm³/mol. The molecule has 0 aliphatic rings. The van der Waals surface area contributed by atoms with Gasteiger partial charge in [0.2, 0.25) is 5.91 Å².